The maximum absolute atomic E-state index is 9.16. The highest BCUT2D eigenvalue weighted by atomic mass is 35.5. The Kier molecular flexibility index (Phi) is 3.38. The predicted molar refractivity (Wildman–Crippen MR) is 58.9 cm³/mol. The Morgan fingerprint density at radius 1 is 1.40 bits per heavy atom. The van der Waals surface area contributed by atoms with E-state index in [1.807, 2.05) is 6.07 Å². The molecule has 1 aromatic rings. The van der Waals surface area contributed by atoms with Gasteiger partial charge in [-0.15, -0.1) is 10.2 Å². The number of hydrogen-bond acceptors (Lipinski definition) is 4. The van der Waals surface area contributed by atoms with Gasteiger partial charge in [0.15, 0.2) is 5.15 Å². The first-order valence-electron chi connectivity index (χ1n) is 5.16. The van der Waals surface area contributed by atoms with Crippen molar-refractivity contribution >= 4 is 17.4 Å². The van der Waals surface area contributed by atoms with Gasteiger partial charge in [0.1, 0.15) is 5.82 Å². The van der Waals surface area contributed by atoms with Crippen LogP contribution in [0.5, 0.6) is 0 Å². The third kappa shape index (κ3) is 2.58. The second-order valence-electron chi connectivity index (χ2n) is 3.87. The molecule has 82 valence electrons. The lowest BCUT2D eigenvalue weighted by atomic mass is 10.1. The monoisotopic (exact) mass is 227 g/mol. The van der Waals surface area contributed by atoms with Gasteiger partial charge in [0.05, 0.1) is 0 Å². The van der Waals surface area contributed by atoms with Crippen molar-refractivity contribution in [2.75, 3.05) is 11.9 Å². The minimum atomic E-state index is 0.235. The quantitative estimate of drug-likeness (QED) is 0.826. The van der Waals surface area contributed by atoms with Crippen molar-refractivity contribution in [2.45, 2.75) is 25.3 Å². The van der Waals surface area contributed by atoms with Crippen molar-refractivity contribution in [3.8, 4) is 0 Å². The lowest BCUT2D eigenvalue weighted by Crippen LogP contribution is -2.26. The maximum atomic E-state index is 9.16. The molecule has 2 N–H and O–H groups in total. The fraction of sp³-hybridized carbons (Fsp3) is 0.600. The number of nitrogens with zero attached hydrogens (tertiary/aromatic N) is 2. The summed E-state index contributed by atoms with van der Waals surface area (Å²) in [4.78, 5) is 0. The van der Waals surface area contributed by atoms with E-state index in [0.29, 0.717) is 17.1 Å². The van der Waals surface area contributed by atoms with Gasteiger partial charge < -0.3 is 10.4 Å². The largest absolute Gasteiger partial charge is 0.396 e. The summed E-state index contributed by atoms with van der Waals surface area (Å²) in [6.07, 6.45) is 3.31. The smallest absolute Gasteiger partial charge is 0.151 e. The molecule has 4 nitrogen and oxygen atoms in total. The normalized spacial score (nSPS) is 25.5. The lowest BCUT2D eigenvalue weighted by Gasteiger charge is -2.18. The molecule has 2 rings (SSSR count). The summed E-state index contributed by atoms with van der Waals surface area (Å²) in [5.74, 6) is 1.06. The molecule has 2 atom stereocenters. The van der Waals surface area contributed by atoms with E-state index in [4.69, 9.17) is 16.7 Å². The zero-order valence-corrected chi connectivity index (χ0v) is 9.11. The van der Waals surface area contributed by atoms with Gasteiger partial charge in [-0.25, -0.2) is 0 Å². The van der Waals surface area contributed by atoms with Crippen LogP contribution in [0.4, 0.5) is 5.82 Å². The van der Waals surface area contributed by atoms with E-state index < -0.39 is 0 Å². The molecule has 0 bridgehead atoms. The summed E-state index contributed by atoms with van der Waals surface area (Å²) in [5, 5.41) is 20.5. The molecule has 1 aromatic heterocycles. The molecule has 1 aliphatic carbocycles. The fourth-order valence-electron chi connectivity index (χ4n) is 2.03. The van der Waals surface area contributed by atoms with Gasteiger partial charge in [-0.2, -0.15) is 0 Å². The number of aromatic nitrogens is 2. The Morgan fingerprint density at radius 3 is 2.93 bits per heavy atom. The van der Waals surface area contributed by atoms with Gasteiger partial charge in [-0.05, 0) is 25.0 Å². The Bertz CT molecular complexity index is 317. The number of aliphatic hydroxyl groups excluding tert-OH is 1. The molecule has 2 unspecified atom stereocenters. The Labute approximate surface area is 93.7 Å². The average molecular weight is 228 g/mol. The number of hydrogen-bond donors (Lipinski definition) is 2. The van der Waals surface area contributed by atoms with Crippen LogP contribution in [0.25, 0.3) is 0 Å². The summed E-state index contributed by atoms with van der Waals surface area (Å²) in [7, 11) is 0. The van der Waals surface area contributed by atoms with Crippen LogP contribution in [-0.4, -0.2) is 28.0 Å². The molecular weight excluding hydrogens is 214 g/mol. The minimum absolute atomic E-state index is 0.235. The first-order chi connectivity index (χ1) is 7.29. The molecule has 1 fully saturated rings. The second kappa shape index (κ2) is 4.77. The molecule has 0 saturated heterocycles. The highest BCUT2D eigenvalue weighted by Gasteiger charge is 2.26. The van der Waals surface area contributed by atoms with Crippen LogP contribution in [0.2, 0.25) is 5.15 Å². The Morgan fingerprint density at radius 2 is 2.27 bits per heavy atom. The highest BCUT2D eigenvalue weighted by molar-refractivity contribution is 6.29. The molecule has 15 heavy (non-hydrogen) atoms. The van der Waals surface area contributed by atoms with Crippen molar-refractivity contribution in [1.29, 1.82) is 0 Å². The number of rotatable bonds is 3. The zero-order valence-electron chi connectivity index (χ0n) is 8.36. The first-order valence-corrected chi connectivity index (χ1v) is 5.54. The van der Waals surface area contributed by atoms with Gasteiger partial charge in [0, 0.05) is 18.6 Å². The van der Waals surface area contributed by atoms with Crippen LogP contribution in [-0.2, 0) is 0 Å². The third-order valence-corrected chi connectivity index (χ3v) is 3.06. The molecule has 0 amide bonds. The van der Waals surface area contributed by atoms with Crippen LogP contribution >= 0.6 is 11.6 Å². The summed E-state index contributed by atoms with van der Waals surface area (Å²) >= 11 is 5.64. The van der Waals surface area contributed by atoms with E-state index in [0.717, 1.165) is 25.1 Å². The summed E-state index contributed by atoms with van der Waals surface area (Å²) in [6.45, 7) is 0.235. The Balaban J connectivity index is 1.99. The number of anilines is 1. The minimum Gasteiger partial charge on any atom is -0.396 e. The zero-order chi connectivity index (χ0) is 10.7. The maximum Gasteiger partial charge on any atom is 0.151 e. The molecule has 1 saturated carbocycles. The molecule has 0 aliphatic heterocycles. The predicted octanol–water partition coefficient (Wildman–Crippen LogP) is 1.70. The van der Waals surface area contributed by atoms with Crippen LogP contribution in [0.15, 0.2) is 12.1 Å². The molecule has 5 heteroatoms. The van der Waals surface area contributed by atoms with Gasteiger partial charge in [0.2, 0.25) is 0 Å². The molecular formula is C10H14ClN3O. The van der Waals surface area contributed by atoms with E-state index in [9.17, 15) is 0 Å². The topological polar surface area (TPSA) is 58.0 Å². The van der Waals surface area contributed by atoms with Crippen LogP contribution < -0.4 is 5.32 Å². The van der Waals surface area contributed by atoms with Crippen molar-refractivity contribution in [1.82, 2.24) is 10.2 Å². The van der Waals surface area contributed by atoms with Gasteiger partial charge in [-0.1, -0.05) is 18.0 Å². The van der Waals surface area contributed by atoms with Crippen LogP contribution in [0.3, 0.4) is 0 Å². The number of nitrogens with one attached hydrogen (secondary N) is 1. The van der Waals surface area contributed by atoms with Gasteiger partial charge in [0.25, 0.3) is 0 Å². The van der Waals surface area contributed by atoms with Crippen LogP contribution in [0.1, 0.15) is 19.3 Å². The average Bonchev–Trinajstić information content (AvgIpc) is 2.69. The van der Waals surface area contributed by atoms with Crippen LogP contribution in [0, 0.1) is 5.92 Å². The first kappa shape index (κ1) is 10.6. The van der Waals surface area contributed by atoms with Crippen molar-refractivity contribution in [3.63, 3.8) is 0 Å². The molecule has 0 aromatic carbocycles. The summed E-state index contributed by atoms with van der Waals surface area (Å²) < 4.78 is 0. The van der Waals surface area contributed by atoms with E-state index in [1.165, 1.54) is 0 Å². The SMILES string of the molecule is OCC1CCCC1Nc1ccc(Cl)nn1. The van der Waals surface area contributed by atoms with Gasteiger partial charge >= 0.3 is 0 Å². The standard InChI is InChI=1S/C10H14ClN3O/c11-9-4-5-10(14-13-9)12-8-3-1-2-7(8)6-15/h4-5,7-8,15H,1-3,6H2,(H,12,14). The molecule has 1 aliphatic rings. The van der Waals surface area contributed by atoms with E-state index >= 15 is 0 Å². The third-order valence-electron chi connectivity index (χ3n) is 2.86. The summed E-state index contributed by atoms with van der Waals surface area (Å²) in [5.41, 5.74) is 0. The fourth-order valence-corrected chi connectivity index (χ4v) is 2.13. The summed E-state index contributed by atoms with van der Waals surface area (Å²) in [6, 6.07) is 3.83. The van der Waals surface area contributed by atoms with Gasteiger partial charge in [-0.3, -0.25) is 0 Å². The Hall–Kier alpha value is -0.870. The second-order valence-corrected chi connectivity index (χ2v) is 4.25. The molecule has 0 radical (unpaired) electrons. The number of aliphatic hydroxyl groups is 1. The van der Waals surface area contributed by atoms with E-state index in [1.54, 1.807) is 6.07 Å². The van der Waals surface area contributed by atoms with E-state index in [-0.39, 0.29) is 6.61 Å². The molecule has 1 heterocycles. The van der Waals surface area contributed by atoms with Crippen molar-refractivity contribution < 1.29 is 5.11 Å². The number of halogens is 1. The van der Waals surface area contributed by atoms with Crippen molar-refractivity contribution in [2.24, 2.45) is 5.92 Å². The van der Waals surface area contributed by atoms with E-state index in [2.05, 4.69) is 15.5 Å². The highest BCUT2D eigenvalue weighted by Crippen LogP contribution is 2.27. The molecule has 0 spiro atoms. The van der Waals surface area contributed by atoms with Crippen molar-refractivity contribution in [3.05, 3.63) is 17.3 Å². The lowest BCUT2D eigenvalue weighted by molar-refractivity contribution is 0.222.